The number of pyridine rings is 1. The molecule has 1 saturated heterocycles. The Morgan fingerprint density at radius 2 is 2.04 bits per heavy atom. The first-order valence-corrected chi connectivity index (χ1v) is 10.7. The van der Waals surface area contributed by atoms with Crippen LogP contribution in [0.15, 0.2) is 29.2 Å². The summed E-state index contributed by atoms with van der Waals surface area (Å²) in [7, 11) is 0. The fraction of sp³-hybridized carbons (Fsp3) is 0.476. The van der Waals surface area contributed by atoms with Gasteiger partial charge in [-0.15, -0.1) is 11.3 Å². The number of amides is 1. The molecular weight excluding hydrogens is 358 g/mol. The van der Waals surface area contributed by atoms with Crippen LogP contribution < -0.4 is 5.56 Å². The lowest BCUT2D eigenvalue weighted by molar-refractivity contribution is 0.0395. The van der Waals surface area contributed by atoms with Gasteiger partial charge in [0.2, 0.25) is 0 Å². The average molecular weight is 382 g/mol. The van der Waals surface area contributed by atoms with Gasteiger partial charge in [0, 0.05) is 18.8 Å². The molecule has 5 nitrogen and oxygen atoms in total. The average Bonchev–Trinajstić information content (AvgIpc) is 3.13. The summed E-state index contributed by atoms with van der Waals surface area (Å²) in [5.41, 5.74) is 1.53. The van der Waals surface area contributed by atoms with Gasteiger partial charge in [-0.05, 0) is 56.2 Å². The summed E-state index contributed by atoms with van der Waals surface area (Å²) in [4.78, 5) is 34.3. The summed E-state index contributed by atoms with van der Waals surface area (Å²) in [6.45, 7) is 2.78. The van der Waals surface area contributed by atoms with E-state index in [1.807, 2.05) is 19.1 Å². The third-order valence-electron chi connectivity index (χ3n) is 6.25. The van der Waals surface area contributed by atoms with Crippen LogP contribution in [0.3, 0.4) is 0 Å². The van der Waals surface area contributed by atoms with E-state index in [-0.39, 0.29) is 11.5 Å². The lowest BCUT2D eigenvalue weighted by Gasteiger charge is -2.44. The van der Waals surface area contributed by atoms with Crippen molar-refractivity contribution >= 4 is 33.1 Å². The van der Waals surface area contributed by atoms with Gasteiger partial charge in [0.05, 0.1) is 10.3 Å². The highest BCUT2D eigenvalue weighted by molar-refractivity contribution is 7.20. The minimum absolute atomic E-state index is 0.0831. The SMILES string of the molecule is Cc1cccn2c(=O)c3cc(C(=O)N4CCC[C@H]5CCCC[C@@H]54)sc3nc12. The first-order valence-electron chi connectivity index (χ1n) is 9.86. The molecule has 5 rings (SSSR count). The van der Waals surface area contributed by atoms with Crippen molar-refractivity contribution in [3.63, 3.8) is 0 Å². The molecule has 0 aromatic carbocycles. The number of carbonyl (C=O) groups excluding carboxylic acids is 1. The Labute approximate surface area is 161 Å². The normalized spacial score (nSPS) is 22.9. The maximum atomic E-state index is 13.3. The van der Waals surface area contributed by atoms with E-state index in [2.05, 4.69) is 9.88 Å². The van der Waals surface area contributed by atoms with E-state index in [0.29, 0.717) is 32.7 Å². The van der Waals surface area contributed by atoms with Crippen molar-refractivity contribution in [1.82, 2.24) is 14.3 Å². The Hall–Kier alpha value is -2.21. The molecule has 0 N–H and O–H groups in total. The highest BCUT2D eigenvalue weighted by Gasteiger charge is 2.36. The van der Waals surface area contributed by atoms with E-state index in [9.17, 15) is 9.59 Å². The summed E-state index contributed by atoms with van der Waals surface area (Å²) >= 11 is 1.36. The summed E-state index contributed by atoms with van der Waals surface area (Å²) in [6, 6.07) is 5.94. The number of nitrogens with zero attached hydrogens (tertiary/aromatic N) is 3. The first-order chi connectivity index (χ1) is 13.1. The Bertz CT molecular complexity index is 1100. The largest absolute Gasteiger partial charge is 0.335 e. The maximum Gasteiger partial charge on any atom is 0.266 e. The van der Waals surface area contributed by atoms with Gasteiger partial charge in [-0.1, -0.05) is 18.9 Å². The Morgan fingerprint density at radius 3 is 2.93 bits per heavy atom. The molecule has 4 heterocycles. The molecule has 2 fully saturated rings. The Kier molecular flexibility index (Phi) is 4.04. The fourth-order valence-corrected chi connectivity index (χ4v) is 5.86. The second-order valence-corrected chi connectivity index (χ2v) is 8.91. The minimum Gasteiger partial charge on any atom is -0.335 e. The molecule has 6 heteroatoms. The molecular formula is C21H23N3O2S. The molecule has 1 amide bonds. The van der Waals surface area contributed by atoms with Gasteiger partial charge in [0.15, 0.2) is 0 Å². The highest BCUT2D eigenvalue weighted by atomic mass is 32.1. The van der Waals surface area contributed by atoms with Crippen LogP contribution in [-0.2, 0) is 0 Å². The van der Waals surface area contributed by atoms with Gasteiger partial charge >= 0.3 is 0 Å². The topological polar surface area (TPSA) is 54.7 Å². The number of rotatable bonds is 1. The van der Waals surface area contributed by atoms with E-state index in [4.69, 9.17) is 0 Å². The van der Waals surface area contributed by atoms with E-state index in [0.717, 1.165) is 24.9 Å². The van der Waals surface area contributed by atoms with E-state index >= 15 is 0 Å². The fourth-order valence-electron chi connectivity index (χ4n) is 4.88. The van der Waals surface area contributed by atoms with Crippen LogP contribution in [0.2, 0.25) is 0 Å². The van der Waals surface area contributed by atoms with Gasteiger partial charge in [0.25, 0.3) is 11.5 Å². The molecule has 27 heavy (non-hydrogen) atoms. The van der Waals surface area contributed by atoms with Crippen LogP contribution in [0.25, 0.3) is 15.9 Å². The van der Waals surface area contributed by atoms with Crippen LogP contribution in [-0.4, -0.2) is 32.8 Å². The molecule has 1 saturated carbocycles. The second kappa shape index (κ2) is 6.44. The van der Waals surface area contributed by atoms with Gasteiger partial charge in [-0.3, -0.25) is 14.0 Å². The molecule has 0 spiro atoms. The molecule has 3 aromatic rings. The molecule has 0 unspecified atom stereocenters. The molecule has 3 aromatic heterocycles. The van der Waals surface area contributed by atoms with Crippen LogP contribution in [0, 0.1) is 12.8 Å². The summed E-state index contributed by atoms with van der Waals surface area (Å²) in [6.07, 6.45) is 8.94. The molecule has 0 radical (unpaired) electrons. The zero-order valence-corrected chi connectivity index (χ0v) is 16.3. The second-order valence-electron chi connectivity index (χ2n) is 7.88. The van der Waals surface area contributed by atoms with Crippen LogP contribution in [0.4, 0.5) is 0 Å². The monoisotopic (exact) mass is 381 g/mol. The van der Waals surface area contributed by atoms with E-state index in [1.54, 1.807) is 16.7 Å². The van der Waals surface area contributed by atoms with E-state index < -0.39 is 0 Å². The van der Waals surface area contributed by atoms with Gasteiger partial charge in [-0.2, -0.15) is 0 Å². The van der Waals surface area contributed by atoms with Crippen molar-refractivity contribution in [2.24, 2.45) is 5.92 Å². The van der Waals surface area contributed by atoms with Crippen LogP contribution in [0.5, 0.6) is 0 Å². The molecule has 1 aliphatic heterocycles. The van der Waals surface area contributed by atoms with Crippen molar-refractivity contribution in [3.8, 4) is 0 Å². The number of likely N-dealkylation sites (tertiary alicyclic amines) is 1. The third kappa shape index (κ3) is 2.69. The van der Waals surface area contributed by atoms with Crippen molar-refractivity contribution in [2.45, 2.75) is 51.5 Å². The van der Waals surface area contributed by atoms with Gasteiger partial charge in [0.1, 0.15) is 10.5 Å². The third-order valence-corrected chi connectivity index (χ3v) is 7.26. The number of aryl methyl sites for hydroxylation is 1. The van der Waals surface area contributed by atoms with Gasteiger partial charge < -0.3 is 4.90 Å². The van der Waals surface area contributed by atoms with Crippen molar-refractivity contribution < 1.29 is 4.79 Å². The summed E-state index contributed by atoms with van der Waals surface area (Å²) in [5, 5.41) is 0.545. The number of thiophene rings is 1. The zero-order valence-electron chi connectivity index (χ0n) is 15.5. The number of carbonyl (C=O) groups is 1. The predicted octanol–water partition coefficient (Wildman–Crippen LogP) is 4.01. The highest BCUT2D eigenvalue weighted by Crippen LogP contribution is 2.36. The molecule has 1 aliphatic carbocycles. The first kappa shape index (κ1) is 16.9. The van der Waals surface area contributed by atoms with Crippen molar-refractivity contribution in [1.29, 1.82) is 0 Å². The molecule has 2 aliphatic rings. The number of fused-ring (bicyclic) bond motifs is 3. The smallest absolute Gasteiger partial charge is 0.266 e. The van der Waals surface area contributed by atoms with E-state index in [1.165, 1.54) is 37.0 Å². The number of aromatic nitrogens is 2. The predicted molar refractivity (Wildman–Crippen MR) is 108 cm³/mol. The molecule has 140 valence electrons. The van der Waals surface area contributed by atoms with Gasteiger partial charge in [-0.25, -0.2) is 4.98 Å². The number of hydrogen-bond donors (Lipinski definition) is 0. The van der Waals surface area contributed by atoms with Crippen LogP contribution in [0.1, 0.15) is 53.8 Å². The quantitative estimate of drug-likeness (QED) is 0.640. The molecule has 0 bridgehead atoms. The number of piperidine rings is 1. The zero-order chi connectivity index (χ0) is 18.5. The van der Waals surface area contributed by atoms with Crippen molar-refractivity contribution in [3.05, 3.63) is 45.2 Å². The lowest BCUT2D eigenvalue weighted by atomic mass is 9.78. The standard InChI is InChI=1S/C21H23N3O2S/c1-13-6-4-11-24-18(13)22-19-15(20(24)25)12-17(27-19)21(26)23-10-5-8-14-7-2-3-9-16(14)23/h4,6,11-12,14,16H,2-3,5,7-10H2,1H3/t14-,16+/m1/s1. The van der Waals surface area contributed by atoms with Crippen molar-refractivity contribution in [2.75, 3.05) is 6.54 Å². The summed E-state index contributed by atoms with van der Waals surface area (Å²) in [5.74, 6) is 0.736. The maximum absolute atomic E-state index is 13.3. The number of hydrogen-bond acceptors (Lipinski definition) is 4. The lowest BCUT2D eigenvalue weighted by Crippen LogP contribution is -2.49. The molecule has 2 atom stereocenters. The van der Waals surface area contributed by atoms with Crippen LogP contribution >= 0.6 is 11.3 Å². The Morgan fingerprint density at radius 1 is 1.22 bits per heavy atom. The summed E-state index contributed by atoms with van der Waals surface area (Å²) < 4.78 is 1.58. The minimum atomic E-state index is -0.0943. The Balaban J connectivity index is 1.57.